The van der Waals surface area contributed by atoms with Crippen molar-refractivity contribution in [2.45, 2.75) is 25.1 Å². The summed E-state index contributed by atoms with van der Waals surface area (Å²) in [4.78, 5) is 24.4. The molecule has 0 rings (SSSR count). The van der Waals surface area contributed by atoms with Crippen LogP contribution < -0.4 is 5.32 Å². The van der Waals surface area contributed by atoms with Crippen LogP contribution in [0.15, 0.2) is 0 Å². The summed E-state index contributed by atoms with van der Waals surface area (Å²) < 4.78 is 20.7. The van der Waals surface area contributed by atoms with E-state index in [1.165, 1.54) is 11.8 Å². The van der Waals surface area contributed by atoms with Gasteiger partial charge in [-0.25, -0.2) is 0 Å². The Morgan fingerprint density at radius 3 is 2.14 bits per heavy atom. The summed E-state index contributed by atoms with van der Waals surface area (Å²) in [5, 5.41) is 2.74. The van der Waals surface area contributed by atoms with E-state index in [0.717, 1.165) is 17.3 Å². The van der Waals surface area contributed by atoms with Crippen molar-refractivity contribution in [3.8, 4) is 0 Å². The molecule has 1 unspecified atom stereocenters. The Bertz CT molecular complexity index is 401. The molecule has 0 spiro atoms. The summed E-state index contributed by atoms with van der Waals surface area (Å²) in [5.41, 5.74) is 0. The summed E-state index contributed by atoms with van der Waals surface area (Å²) in [7, 11) is 5.05. The first-order valence-electron chi connectivity index (χ1n) is 9.59. The second kappa shape index (κ2) is 20.1. The lowest BCUT2D eigenvalue weighted by molar-refractivity contribution is -0.126. The molecule has 0 aromatic rings. The van der Waals surface area contributed by atoms with Crippen molar-refractivity contribution in [3.05, 3.63) is 0 Å². The lowest BCUT2D eigenvalue weighted by atomic mass is 9.95. The van der Waals surface area contributed by atoms with Crippen LogP contribution in [0, 0.1) is 5.92 Å². The normalized spacial score (nSPS) is 13.4. The van der Waals surface area contributed by atoms with E-state index in [0.29, 0.717) is 46.1 Å². The molecule has 0 heterocycles. The quantitative estimate of drug-likeness (QED) is 0.213. The zero-order valence-electron chi connectivity index (χ0n) is 17.7. The predicted molar refractivity (Wildman–Crippen MR) is 116 cm³/mol. The van der Waals surface area contributed by atoms with Crippen LogP contribution in [0.3, 0.4) is 0 Å². The van der Waals surface area contributed by atoms with Gasteiger partial charge in [0.05, 0.1) is 39.6 Å². The van der Waals surface area contributed by atoms with E-state index in [-0.39, 0.29) is 29.3 Å². The Hall–Kier alpha value is -0.160. The van der Waals surface area contributed by atoms with E-state index in [2.05, 4.69) is 5.32 Å². The number of carbonyl (C=O) groups excluding carboxylic acids is 2. The van der Waals surface area contributed by atoms with Crippen LogP contribution in [0.2, 0.25) is 0 Å². The minimum Gasteiger partial charge on any atom is -0.384 e. The number of methoxy groups -OCH3 is 2. The van der Waals surface area contributed by atoms with Gasteiger partial charge in [-0.2, -0.15) is 11.8 Å². The summed E-state index contributed by atoms with van der Waals surface area (Å²) >= 11 is 3.26. The molecule has 0 aromatic carbocycles. The third kappa shape index (κ3) is 15.7. The maximum absolute atomic E-state index is 12.5. The van der Waals surface area contributed by atoms with Gasteiger partial charge in [-0.1, -0.05) is 0 Å². The Morgan fingerprint density at radius 1 is 0.893 bits per heavy atom. The molecule has 0 radical (unpaired) electrons. The molecule has 2 atom stereocenters. The van der Waals surface area contributed by atoms with Crippen LogP contribution >= 0.6 is 23.5 Å². The molecule has 0 fully saturated rings. The average molecular weight is 440 g/mol. The Kier molecular flexibility index (Phi) is 20.0. The van der Waals surface area contributed by atoms with Gasteiger partial charge in [-0.15, -0.1) is 11.8 Å². The molecule has 0 aliphatic carbocycles. The van der Waals surface area contributed by atoms with Gasteiger partial charge in [0.15, 0.2) is 5.78 Å². The maximum Gasteiger partial charge on any atom is 0.160 e. The van der Waals surface area contributed by atoms with Crippen LogP contribution in [-0.2, 0) is 28.5 Å². The van der Waals surface area contributed by atoms with E-state index in [4.69, 9.17) is 18.9 Å². The van der Waals surface area contributed by atoms with Crippen LogP contribution in [-0.4, -0.2) is 95.1 Å². The Balaban J connectivity index is 3.90. The SMILES string of the molecule is CN[C@@H](SCCOC)C(=O)CC(CCSCCOCCOCCOC)C(C)=O. The van der Waals surface area contributed by atoms with Gasteiger partial charge >= 0.3 is 0 Å². The second-order valence-electron chi connectivity index (χ2n) is 6.13. The minimum absolute atomic E-state index is 0.0746. The molecule has 0 aliphatic rings. The van der Waals surface area contributed by atoms with Gasteiger partial charge < -0.3 is 24.3 Å². The molecule has 1 N–H and O–H groups in total. The number of thioether (sulfide) groups is 2. The third-order valence-electron chi connectivity index (χ3n) is 3.94. The molecule has 0 amide bonds. The summed E-state index contributed by atoms with van der Waals surface area (Å²) in [6.07, 6.45) is 1.00. The van der Waals surface area contributed by atoms with Crippen molar-refractivity contribution >= 4 is 35.1 Å². The smallest absolute Gasteiger partial charge is 0.160 e. The first-order chi connectivity index (χ1) is 13.6. The van der Waals surface area contributed by atoms with E-state index in [9.17, 15) is 9.59 Å². The molecule has 0 saturated heterocycles. The number of rotatable bonds is 21. The fourth-order valence-electron chi connectivity index (χ4n) is 2.30. The van der Waals surface area contributed by atoms with Crippen molar-refractivity contribution in [2.24, 2.45) is 5.92 Å². The average Bonchev–Trinajstić information content (AvgIpc) is 2.68. The van der Waals surface area contributed by atoms with Crippen molar-refractivity contribution in [3.63, 3.8) is 0 Å². The fourth-order valence-corrected chi connectivity index (χ4v) is 4.13. The lowest BCUT2D eigenvalue weighted by Crippen LogP contribution is -2.34. The standard InChI is InChI=1S/C19H37NO6S2/c1-16(21)17(15-18(22)19(20-2)28-14-10-24-4)5-12-27-13-11-26-9-8-25-7-6-23-3/h17,19-20H,5-15H2,1-4H3/t17?,19-/m0/s1. The molecule has 28 heavy (non-hydrogen) atoms. The van der Waals surface area contributed by atoms with Crippen LogP contribution in [0.5, 0.6) is 0 Å². The van der Waals surface area contributed by atoms with Gasteiger partial charge in [0.1, 0.15) is 11.2 Å². The number of nitrogens with one attached hydrogen (secondary N) is 1. The number of carbonyl (C=O) groups is 2. The van der Waals surface area contributed by atoms with Crippen LogP contribution in [0.1, 0.15) is 19.8 Å². The Labute approximate surface area is 178 Å². The number of hydrogen-bond acceptors (Lipinski definition) is 9. The van der Waals surface area contributed by atoms with Crippen molar-refractivity contribution < 1.29 is 28.5 Å². The molecule has 0 aliphatic heterocycles. The van der Waals surface area contributed by atoms with Gasteiger partial charge in [0.25, 0.3) is 0 Å². The zero-order valence-corrected chi connectivity index (χ0v) is 19.3. The number of Topliss-reactive ketones (excluding diaryl/α,β-unsaturated/α-hetero) is 2. The number of ketones is 2. The van der Waals surface area contributed by atoms with Gasteiger partial charge in [-0.05, 0) is 26.1 Å². The van der Waals surface area contributed by atoms with Crippen molar-refractivity contribution in [1.82, 2.24) is 5.32 Å². The minimum atomic E-state index is -0.288. The molecular formula is C19H37NO6S2. The van der Waals surface area contributed by atoms with Gasteiger partial charge in [-0.3, -0.25) is 9.59 Å². The first kappa shape index (κ1) is 27.8. The molecule has 9 heteroatoms. The highest BCUT2D eigenvalue weighted by atomic mass is 32.2. The van der Waals surface area contributed by atoms with Crippen LogP contribution in [0.25, 0.3) is 0 Å². The zero-order chi connectivity index (χ0) is 21.0. The highest BCUT2D eigenvalue weighted by Gasteiger charge is 2.23. The van der Waals surface area contributed by atoms with Crippen molar-refractivity contribution in [1.29, 1.82) is 0 Å². The molecule has 166 valence electrons. The maximum atomic E-state index is 12.5. The highest BCUT2D eigenvalue weighted by molar-refractivity contribution is 8.00. The predicted octanol–water partition coefficient (Wildman–Crippen LogP) is 1.88. The largest absolute Gasteiger partial charge is 0.384 e. The van der Waals surface area contributed by atoms with Gasteiger partial charge in [0.2, 0.25) is 0 Å². The topological polar surface area (TPSA) is 83.1 Å². The van der Waals surface area contributed by atoms with Crippen LogP contribution in [0.4, 0.5) is 0 Å². The highest BCUT2D eigenvalue weighted by Crippen LogP contribution is 2.19. The lowest BCUT2D eigenvalue weighted by Gasteiger charge is -2.18. The van der Waals surface area contributed by atoms with E-state index < -0.39 is 0 Å². The second-order valence-corrected chi connectivity index (χ2v) is 8.57. The van der Waals surface area contributed by atoms with Crippen molar-refractivity contribution in [2.75, 3.05) is 78.2 Å². The molecule has 0 bridgehead atoms. The number of likely N-dealkylation sites (N-methyl/N-ethyl adjacent to an activating group) is 1. The summed E-state index contributed by atoms with van der Waals surface area (Å²) in [5.74, 6) is 2.38. The Morgan fingerprint density at radius 2 is 1.54 bits per heavy atom. The third-order valence-corrected chi connectivity index (χ3v) is 6.15. The fraction of sp³-hybridized carbons (Fsp3) is 0.895. The van der Waals surface area contributed by atoms with E-state index in [1.54, 1.807) is 40.0 Å². The van der Waals surface area contributed by atoms with Gasteiger partial charge in [0, 0.05) is 38.1 Å². The monoisotopic (exact) mass is 439 g/mol. The molecule has 0 aromatic heterocycles. The van der Waals surface area contributed by atoms with E-state index in [1.807, 2.05) is 0 Å². The molecule has 0 saturated carbocycles. The summed E-state index contributed by atoms with van der Waals surface area (Å²) in [6.45, 7) is 5.14. The number of hydrogen-bond donors (Lipinski definition) is 1. The van der Waals surface area contributed by atoms with E-state index >= 15 is 0 Å². The number of ether oxygens (including phenoxy) is 4. The molecule has 7 nitrogen and oxygen atoms in total. The molecular weight excluding hydrogens is 402 g/mol. The summed E-state index contributed by atoms with van der Waals surface area (Å²) in [6, 6.07) is 0. The first-order valence-corrected chi connectivity index (χ1v) is 11.8.